The van der Waals surface area contributed by atoms with Crippen molar-refractivity contribution in [2.45, 2.75) is 57.9 Å². The normalized spacial score (nSPS) is 23.7. The molecule has 4 rings (SSSR count). The van der Waals surface area contributed by atoms with Crippen LogP contribution < -0.4 is 5.32 Å². The van der Waals surface area contributed by atoms with Crippen LogP contribution in [0.3, 0.4) is 0 Å². The fourth-order valence-corrected chi connectivity index (χ4v) is 7.43. The number of carboxylic acids is 1. The first-order chi connectivity index (χ1) is 16.4. The van der Waals surface area contributed by atoms with Crippen molar-refractivity contribution in [3.63, 3.8) is 0 Å². The van der Waals surface area contributed by atoms with Crippen molar-refractivity contribution in [3.8, 4) is 0 Å². The van der Waals surface area contributed by atoms with E-state index in [9.17, 15) is 9.90 Å². The van der Waals surface area contributed by atoms with E-state index >= 15 is 0 Å². The lowest BCUT2D eigenvalue weighted by Gasteiger charge is -2.42. The van der Waals surface area contributed by atoms with Gasteiger partial charge in [-0.1, -0.05) is 42.6 Å². The molecule has 0 radical (unpaired) electrons. The van der Waals surface area contributed by atoms with E-state index in [4.69, 9.17) is 23.2 Å². The lowest BCUT2D eigenvalue weighted by molar-refractivity contribution is -0.143. The Morgan fingerprint density at radius 1 is 1.26 bits per heavy atom. The summed E-state index contributed by atoms with van der Waals surface area (Å²) in [4.78, 5) is 14.6. The summed E-state index contributed by atoms with van der Waals surface area (Å²) in [5.74, 6) is 0.112. The highest BCUT2D eigenvalue weighted by Crippen LogP contribution is 2.48. The summed E-state index contributed by atoms with van der Waals surface area (Å²) < 4.78 is 0. The van der Waals surface area contributed by atoms with Crippen molar-refractivity contribution in [2.24, 2.45) is 17.3 Å². The van der Waals surface area contributed by atoms with Crippen molar-refractivity contribution in [2.75, 3.05) is 26.2 Å². The molecule has 0 bridgehead atoms. The number of hydrogen-bond donors (Lipinski definition) is 2. The molecule has 186 valence electrons. The van der Waals surface area contributed by atoms with Crippen molar-refractivity contribution in [1.29, 1.82) is 0 Å². The standard InChI is InChI=1S/C27H36Cl2N2O2S/c1-2-3-19(26(32)33)13-27(7-9-30-10-8-27)14-22-16-31(17-24(22)21-6-11-34-18-21)15-20-4-5-23(28)12-25(20)29/h4-6,11-12,18-19,22,24,30H,2-3,7-10,13-17H2,1H3,(H,32,33)/t19-,22?,24?/m1/s1. The van der Waals surface area contributed by atoms with Gasteiger partial charge in [0.2, 0.25) is 0 Å². The Bertz CT molecular complexity index is 946. The minimum absolute atomic E-state index is 0.0936. The summed E-state index contributed by atoms with van der Waals surface area (Å²) in [7, 11) is 0. The van der Waals surface area contributed by atoms with E-state index in [1.807, 2.05) is 18.2 Å². The lowest BCUT2D eigenvalue weighted by Crippen LogP contribution is -2.41. The monoisotopic (exact) mass is 522 g/mol. The fourth-order valence-electron chi connectivity index (χ4n) is 6.24. The third kappa shape index (κ3) is 6.36. The van der Waals surface area contributed by atoms with E-state index in [-0.39, 0.29) is 11.3 Å². The van der Waals surface area contributed by atoms with Crippen LogP contribution in [0.2, 0.25) is 10.0 Å². The number of piperidine rings is 1. The number of rotatable bonds is 10. The zero-order chi connectivity index (χ0) is 24.1. The first-order valence-electron chi connectivity index (χ1n) is 12.5. The molecule has 0 amide bonds. The predicted molar refractivity (Wildman–Crippen MR) is 142 cm³/mol. The summed E-state index contributed by atoms with van der Waals surface area (Å²) in [6.45, 7) is 6.90. The Labute approximate surface area is 217 Å². The molecule has 2 unspecified atom stereocenters. The highest BCUT2D eigenvalue weighted by Gasteiger charge is 2.43. The van der Waals surface area contributed by atoms with Crippen molar-refractivity contribution < 1.29 is 9.90 Å². The molecular formula is C27H36Cl2N2O2S. The summed E-state index contributed by atoms with van der Waals surface area (Å²) >= 11 is 14.4. The maximum Gasteiger partial charge on any atom is 0.306 e. The number of benzene rings is 1. The summed E-state index contributed by atoms with van der Waals surface area (Å²) in [5.41, 5.74) is 2.63. The van der Waals surface area contributed by atoms with Gasteiger partial charge in [0.15, 0.2) is 0 Å². The van der Waals surface area contributed by atoms with Crippen LogP contribution >= 0.6 is 34.5 Å². The van der Waals surface area contributed by atoms with Gasteiger partial charge in [-0.25, -0.2) is 0 Å². The van der Waals surface area contributed by atoms with Crippen molar-refractivity contribution in [3.05, 3.63) is 56.2 Å². The maximum atomic E-state index is 12.1. The van der Waals surface area contributed by atoms with E-state index < -0.39 is 5.97 Å². The molecule has 2 fully saturated rings. The highest BCUT2D eigenvalue weighted by atomic mass is 35.5. The molecular weight excluding hydrogens is 487 g/mol. The number of aliphatic carboxylic acids is 1. The third-order valence-electron chi connectivity index (χ3n) is 7.92. The number of halogens is 2. The molecule has 2 aliphatic rings. The second-order valence-electron chi connectivity index (χ2n) is 10.3. The molecule has 3 atom stereocenters. The molecule has 2 aromatic rings. The van der Waals surface area contributed by atoms with Gasteiger partial charge in [0.1, 0.15) is 0 Å². The third-order valence-corrected chi connectivity index (χ3v) is 9.21. The van der Waals surface area contributed by atoms with Gasteiger partial charge in [-0.3, -0.25) is 9.69 Å². The molecule has 2 saturated heterocycles. The second-order valence-corrected chi connectivity index (χ2v) is 12.0. The van der Waals surface area contributed by atoms with Gasteiger partial charge in [-0.05, 0) is 96.6 Å². The Hall–Kier alpha value is -1.11. The topological polar surface area (TPSA) is 52.6 Å². The minimum atomic E-state index is -0.625. The van der Waals surface area contributed by atoms with Gasteiger partial charge in [0, 0.05) is 35.6 Å². The molecule has 3 heterocycles. The second kappa shape index (κ2) is 11.7. The van der Waals surface area contributed by atoms with Crippen LogP contribution in [0, 0.1) is 17.3 Å². The molecule has 0 saturated carbocycles. The van der Waals surface area contributed by atoms with Crippen LogP contribution in [-0.4, -0.2) is 42.2 Å². The van der Waals surface area contributed by atoms with Gasteiger partial charge in [-0.2, -0.15) is 11.3 Å². The number of hydrogen-bond acceptors (Lipinski definition) is 4. The SMILES string of the molecule is CCC[C@H](CC1(CC2CN(Cc3ccc(Cl)cc3Cl)CC2c2ccsc2)CCNCC1)C(=O)O. The van der Waals surface area contributed by atoms with Crippen LogP contribution in [0.1, 0.15) is 62.5 Å². The maximum absolute atomic E-state index is 12.1. The number of carboxylic acid groups (broad SMARTS) is 1. The smallest absolute Gasteiger partial charge is 0.306 e. The Morgan fingerprint density at radius 2 is 2.06 bits per heavy atom. The minimum Gasteiger partial charge on any atom is -0.481 e. The van der Waals surface area contributed by atoms with E-state index in [0.717, 1.165) is 81.8 Å². The zero-order valence-corrected chi connectivity index (χ0v) is 22.3. The van der Waals surface area contributed by atoms with Gasteiger partial charge in [0.05, 0.1) is 5.92 Å². The van der Waals surface area contributed by atoms with E-state index in [2.05, 4.69) is 34.0 Å². The van der Waals surface area contributed by atoms with Gasteiger partial charge in [-0.15, -0.1) is 0 Å². The first-order valence-corrected chi connectivity index (χ1v) is 14.2. The average molecular weight is 524 g/mol. The molecule has 1 aromatic carbocycles. The quantitative estimate of drug-likeness (QED) is 0.355. The first kappa shape index (κ1) is 26.0. The highest BCUT2D eigenvalue weighted by molar-refractivity contribution is 7.08. The van der Waals surface area contributed by atoms with Crippen LogP contribution in [0.25, 0.3) is 0 Å². The number of likely N-dealkylation sites (tertiary alicyclic amines) is 1. The molecule has 2 N–H and O–H groups in total. The Kier molecular flexibility index (Phi) is 8.97. The van der Waals surface area contributed by atoms with Gasteiger partial charge < -0.3 is 10.4 Å². The van der Waals surface area contributed by atoms with Crippen LogP contribution in [0.15, 0.2) is 35.0 Å². The molecule has 2 aliphatic heterocycles. The van der Waals surface area contributed by atoms with Crippen LogP contribution in [-0.2, 0) is 11.3 Å². The summed E-state index contributed by atoms with van der Waals surface area (Å²) in [6.07, 6.45) is 5.71. The van der Waals surface area contributed by atoms with Crippen molar-refractivity contribution in [1.82, 2.24) is 10.2 Å². The Morgan fingerprint density at radius 3 is 2.71 bits per heavy atom. The van der Waals surface area contributed by atoms with Gasteiger partial charge >= 0.3 is 5.97 Å². The Balaban J connectivity index is 1.55. The summed E-state index contributed by atoms with van der Waals surface area (Å²) in [6, 6.07) is 8.05. The van der Waals surface area contributed by atoms with Crippen molar-refractivity contribution >= 4 is 40.5 Å². The van der Waals surface area contributed by atoms with Crippen LogP contribution in [0.5, 0.6) is 0 Å². The zero-order valence-electron chi connectivity index (χ0n) is 19.9. The lowest BCUT2D eigenvalue weighted by atomic mass is 9.65. The number of thiophene rings is 1. The molecule has 1 aromatic heterocycles. The largest absolute Gasteiger partial charge is 0.481 e. The summed E-state index contributed by atoms with van der Waals surface area (Å²) in [5, 5.41) is 19.3. The molecule has 0 spiro atoms. The van der Waals surface area contributed by atoms with Gasteiger partial charge in [0.25, 0.3) is 0 Å². The van der Waals surface area contributed by atoms with E-state index in [0.29, 0.717) is 16.9 Å². The molecule has 4 nitrogen and oxygen atoms in total. The number of nitrogens with one attached hydrogen (secondary N) is 1. The number of nitrogens with zero attached hydrogens (tertiary/aromatic N) is 1. The molecule has 0 aliphatic carbocycles. The average Bonchev–Trinajstić information content (AvgIpc) is 3.46. The number of carbonyl (C=O) groups is 1. The predicted octanol–water partition coefficient (Wildman–Crippen LogP) is 6.92. The van der Waals surface area contributed by atoms with E-state index in [1.54, 1.807) is 11.3 Å². The van der Waals surface area contributed by atoms with Crippen LogP contribution in [0.4, 0.5) is 0 Å². The molecule has 34 heavy (non-hydrogen) atoms. The molecule has 7 heteroatoms. The fraction of sp³-hybridized carbons (Fsp3) is 0.593. The van der Waals surface area contributed by atoms with E-state index in [1.165, 1.54) is 5.56 Å².